The second-order valence-electron chi connectivity index (χ2n) is 2.00. The Kier molecular flexibility index (Phi) is 2.21. The molecule has 0 atom stereocenters. The molecule has 1 rings (SSSR count). The molecule has 0 saturated carbocycles. The Labute approximate surface area is 72.8 Å². The van der Waals surface area contributed by atoms with E-state index >= 15 is 0 Å². The van der Waals surface area contributed by atoms with Gasteiger partial charge in [0.15, 0.2) is 0 Å². The Morgan fingerprint density at radius 2 is 2.10 bits per heavy atom. The summed E-state index contributed by atoms with van der Waals surface area (Å²) in [5.74, 6) is 0.215. The van der Waals surface area contributed by atoms with Crippen LogP contribution in [0.15, 0.2) is 16.6 Å². The van der Waals surface area contributed by atoms with Crippen molar-refractivity contribution in [3.05, 3.63) is 27.2 Å². The Balaban J connectivity index is 3.34. The molecule has 1 aromatic rings. The van der Waals surface area contributed by atoms with Crippen LogP contribution in [0.2, 0.25) is 5.02 Å². The summed E-state index contributed by atoms with van der Waals surface area (Å²) < 4.78 is 0.675. The van der Waals surface area contributed by atoms with Crippen molar-refractivity contribution in [2.45, 2.75) is 6.92 Å². The topological polar surface area (TPSA) is 20.2 Å². The van der Waals surface area contributed by atoms with Crippen LogP contribution < -0.4 is 0 Å². The summed E-state index contributed by atoms with van der Waals surface area (Å²) in [7, 11) is 0. The maximum absolute atomic E-state index is 9.26. The molecule has 0 aliphatic carbocycles. The van der Waals surface area contributed by atoms with Gasteiger partial charge in [0.2, 0.25) is 0 Å². The zero-order chi connectivity index (χ0) is 7.72. The smallest absolute Gasteiger partial charge is 0.134 e. The van der Waals surface area contributed by atoms with Crippen LogP contribution >= 0.6 is 27.5 Å². The highest BCUT2D eigenvalue weighted by Crippen LogP contribution is 2.31. The normalized spacial score (nSPS) is 9.90. The average Bonchev–Trinajstić information content (AvgIpc) is 1.93. The van der Waals surface area contributed by atoms with Crippen molar-refractivity contribution >= 4 is 27.5 Å². The Morgan fingerprint density at radius 3 is 2.60 bits per heavy atom. The van der Waals surface area contributed by atoms with Crippen LogP contribution in [-0.2, 0) is 0 Å². The van der Waals surface area contributed by atoms with Crippen LogP contribution in [0.25, 0.3) is 0 Å². The van der Waals surface area contributed by atoms with Crippen LogP contribution in [0.4, 0.5) is 0 Å². The largest absolute Gasteiger partial charge is 0.506 e. The van der Waals surface area contributed by atoms with E-state index < -0.39 is 0 Å². The third kappa shape index (κ3) is 1.27. The number of phenols is 1. The Hall–Kier alpha value is -0.210. The molecule has 0 bridgehead atoms. The molecule has 1 aromatic carbocycles. The lowest BCUT2D eigenvalue weighted by atomic mass is 10.2. The van der Waals surface area contributed by atoms with Crippen molar-refractivity contribution in [1.82, 2.24) is 0 Å². The van der Waals surface area contributed by atoms with E-state index in [0.29, 0.717) is 15.1 Å². The Morgan fingerprint density at radius 1 is 1.50 bits per heavy atom. The highest BCUT2D eigenvalue weighted by atomic mass is 79.9. The number of rotatable bonds is 0. The number of hydrogen-bond acceptors (Lipinski definition) is 1. The van der Waals surface area contributed by atoms with Crippen molar-refractivity contribution in [3.8, 4) is 5.75 Å². The maximum Gasteiger partial charge on any atom is 0.134 e. The van der Waals surface area contributed by atoms with Gasteiger partial charge in [-0.25, -0.2) is 0 Å². The molecule has 0 unspecified atom stereocenters. The summed E-state index contributed by atoms with van der Waals surface area (Å²) in [5, 5.41) is 9.84. The van der Waals surface area contributed by atoms with E-state index in [-0.39, 0.29) is 5.75 Å². The average molecular weight is 221 g/mol. The lowest BCUT2D eigenvalue weighted by Gasteiger charge is -2.01. The van der Waals surface area contributed by atoms with Crippen LogP contribution in [0.5, 0.6) is 5.75 Å². The summed E-state index contributed by atoms with van der Waals surface area (Å²) in [6.07, 6.45) is 0. The van der Waals surface area contributed by atoms with Crippen LogP contribution in [-0.4, -0.2) is 5.11 Å². The lowest BCUT2D eigenvalue weighted by molar-refractivity contribution is 0.468. The summed E-state index contributed by atoms with van der Waals surface area (Å²) in [6.45, 7) is 1.77. The monoisotopic (exact) mass is 220 g/mol. The molecule has 0 fully saturated rings. The molecule has 0 aliphatic heterocycles. The van der Waals surface area contributed by atoms with E-state index in [4.69, 9.17) is 11.6 Å². The molecule has 3 heteroatoms. The van der Waals surface area contributed by atoms with E-state index in [1.807, 2.05) is 0 Å². The van der Waals surface area contributed by atoms with E-state index in [1.54, 1.807) is 19.1 Å². The van der Waals surface area contributed by atoms with Gasteiger partial charge in [-0.3, -0.25) is 0 Å². The molecular weight excluding hydrogens is 215 g/mol. The first-order chi connectivity index (χ1) is 4.63. The minimum atomic E-state index is 0.215. The second kappa shape index (κ2) is 2.81. The quantitative estimate of drug-likeness (QED) is 0.714. The molecule has 0 aromatic heterocycles. The zero-order valence-electron chi connectivity index (χ0n) is 5.36. The molecule has 54 valence electrons. The lowest BCUT2D eigenvalue weighted by Crippen LogP contribution is -1.77. The third-order valence-electron chi connectivity index (χ3n) is 1.32. The summed E-state index contributed by atoms with van der Waals surface area (Å²) >= 11 is 8.88. The first kappa shape index (κ1) is 7.89. The van der Waals surface area contributed by atoms with Gasteiger partial charge in [0.05, 0.1) is 4.47 Å². The van der Waals surface area contributed by atoms with Gasteiger partial charge in [0, 0.05) is 10.6 Å². The fraction of sp³-hybridized carbons (Fsp3) is 0.143. The Bertz CT molecular complexity index is 233. The SMILES string of the molecule is Cc1c(Cl)ccc(Br)c1O. The van der Waals surface area contributed by atoms with E-state index in [1.165, 1.54) is 0 Å². The van der Waals surface area contributed by atoms with Gasteiger partial charge in [-0.05, 0) is 35.0 Å². The third-order valence-corrected chi connectivity index (χ3v) is 2.37. The van der Waals surface area contributed by atoms with Gasteiger partial charge in [0.25, 0.3) is 0 Å². The maximum atomic E-state index is 9.26. The zero-order valence-corrected chi connectivity index (χ0v) is 7.70. The minimum Gasteiger partial charge on any atom is -0.506 e. The molecule has 0 spiro atoms. The molecular formula is C7H6BrClO. The summed E-state index contributed by atoms with van der Waals surface area (Å²) in [6, 6.07) is 3.45. The van der Waals surface area contributed by atoms with E-state index in [2.05, 4.69) is 15.9 Å². The van der Waals surface area contributed by atoms with Gasteiger partial charge in [-0.15, -0.1) is 0 Å². The highest BCUT2D eigenvalue weighted by molar-refractivity contribution is 9.10. The fourth-order valence-corrected chi connectivity index (χ4v) is 1.22. The molecule has 1 nitrogen and oxygen atoms in total. The molecule has 0 amide bonds. The molecule has 0 heterocycles. The van der Waals surface area contributed by atoms with Crippen molar-refractivity contribution in [2.75, 3.05) is 0 Å². The van der Waals surface area contributed by atoms with E-state index in [9.17, 15) is 5.11 Å². The number of benzene rings is 1. The molecule has 0 radical (unpaired) electrons. The van der Waals surface area contributed by atoms with Gasteiger partial charge in [-0.2, -0.15) is 0 Å². The standard InChI is InChI=1S/C7H6BrClO/c1-4-6(9)3-2-5(8)7(4)10/h2-3,10H,1H3. The van der Waals surface area contributed by atoms with Crippen molar-refractivity contribution in [2.24, 2.45) is 0 Å². The van der Waals surface area contributed by atoms with Crippen molar-refractivity contribution < 1.29 is 5.11 Å². The van der Waals surface area contributed by atoms with Crippen molar-refractivity contribution in [3.63, 3.8) is 0 Å². The minimum absolute atomic E-state index is 0.215. The summed E-state index contributed by atoms with van der Waals surface area (Å²) in [5.41, 5.74) is 0.705. The first-order valence-electron chi connectivity index (χ1n) is 2.76. The first-order valence-corrected chi connectivity index (χ1v) is 3.93. The molecule has 1 N–H and O–H groups in total. The predicted molar refractivity (Wildman–Crippen MR) is 45.6 cm³/mol. The van der Waals surface area contributed by atoms with Crippen LogP contribution in [0.3, 0.4) is 0 Å². The molecule has 0 saturated heterocycles. The predicted octanol–water partition coefficient (Wildman–Crippen LogP) is 3.12. The number of phenolic OH excluding ortho intramolecular Hbond substituents is 1. The van der Waals surface area contributed by atoms with Gasteiger partial charge in [0.1, 0.15) is 5.75 Å². The van der Waals surface area contributed by atoms with Crippen molar-refractivity contribution in [1.29, 1.82) is 0 Å². The van der Waals surface area contributed by atoms with Gasteiger partial charge < -0.3 is 5.11 Å². The summed E-state index contributed by atoms with van der Waals surface area (Å²) in [4.78, 5) is 0. The number of hydrogen-bond donors (Lipinski definition) is 1. The second-order valence-corrected chi connectivity index (χ2v) is 3.26. The molecule has 0 aliphatic rings. The highest BCUT2D eigenvalue weighted by Gasteiger charge is 2.03. The van der Waals surface area contributed by atoms with Crippen LogP contribution in [0.1, 0.15) is 5.56 Å². The fourth-order valence-electron chi connectivity index (χ4n) is 0.642. The molecule has 10 heavy (non-hydrogen) atoms. The van der Waals surface area contributed by atoms with Crippen LogP contribution in [0, 0.1) is 6.92 Å². The number of aromatic hydroxyl groups is 1. The van der Waals surface area contributed by atoms with Gasteiger partial charge in [-0.1, -0.05) is 11.6 Å². The van der Waals surface area contributed by atoms with E-state index in [0.717, 1.165) is 0 Å². The van der Waals surface area contributed by atoms with Gasteiger partial charge >= 0.3 is 0 Å². The number of halogens is 2.